The SMILES string of the molecule is CCN(C(=O)NCCSC(F)(F)F)C(C=Nc1cccnc1)C(=N)Cl. The van der Waals surface area contributed by atoms with Crippen LogP contribution < -0.4 is 5.32 Å². The molecule has 2 amide bonds. The molecule has 0 radical (unpaired) electrons. The first-order chi connectivity index (χ1) is 11.7. The number of thioether (sulfide) groups is 1. The van der Waals surface area contributed by atoms with Crippen LogP contribution in [0.2, 0.25) is 0 Å². The fraction of sp³-hybridized carbons (Fsp3) is 0.429. The van der Waals surface area contributed by atoms with Gasteiger partial charge in [-0.25, -0.2) is 4.79 Å². The first-order valence-corrected chi connectivity index (χ1v) is 8.54. The van der Waals surface area contributed by atoms with Crippen LogP contribution in [0, 0.1) is 5.41 Å². The van der Waals surface area contributed by atoms with Crippen molar-refractivity contribution in [3.8, 4) is 0 Å². The second kappa shape index (κ2) is 10.2. The fourth-order valence-corrected chi connectivity index (χ4v) is 2.37. The minimum Gasteiger partial charge on any atom is -0.337 e. The zero-order valence-corrected chi connectivity index (χ0v) is 14.8. The third-order valence-electron chi connectivity index (χ3n) is 2.85. The highest BCUT2D eigenvalue weighted by molar-refractivity contribution is 8.00. The van der Waals surface area contributed by atoms with Crippen molar-refractivity contribution in [1.29, 1.82) is 5.41 Å². The van der Waals surface area contributed by atoms with Gasteiger partial charge in [-0.15, -0.1) is 0 Å². The Bertz CT molecular complexity index is 600. The molecular formula is C14H17ClF3N5OS. The molecule has 1 aromatic heterocycles. The third kappa shape index (κ3) is 8.21. The molecule has 1 unspecified atom stereocenters. The predicted octanol–water partition coefficient (Wildman–Crippen LogP) is 3.65. The normalized spacial score (nSPS) is 12.8. The van der Waals surface area contributed by atoms with Gasteiger partial charge in [0.1, 0.15) is 11.2 Å². The number of hydrogen-bond donors (Lipinski definition) is 2. The Balaban J connectivity index is 2.69. The molecule has 0 aliphatic rings. The van der Waals surface area contributed by atoms with Crippen LogP contribution in [-0.2, 0) is 0 Å². The average molecular weight is 396 g/mol. The van der Waals surface area contributed by atoms with E-state index in [1.54, 1.807) is 25.3 Å². The first-order valence-electron chi connectivity index (χ1n) is 7.18. The summed E-state index contributed by atoms with van der Waals surface area (Å²) in [5.41, 5.74) is -3.82. The monoisotopic (exact) mass is 395 g/mol. The molecule has 0 saturated carbocycles. The van der Waals surface area contributed by atoms with Crippen molar-refractivity contribution in [2.24, 2.45) is 4.99 Å². The molecule has 1 heterocycles. The lowest BCUT2D eigenvalue weighted by Gasteiger charge is -2.27. The molecular weight excluding hydrogens is 379 g/mol. The predicted molar refractivity (Wildman–Crippen MR) is 94.0 cm³/mol. The molecule has 2 N–H and O–H groups in total. The molecule has 0 bridgehead atoms. The van der Waals surface area contributed by atoms with Crippen molar-refractivity contribution in [3.05, 3.63) is 24.5 Å². The van der Waals surface area contributed by atoms with E-state index >= 15 is 0 Å². The number of hydrogen-bond acceptors (Lipinski definition) is 5. The van der Waals surface area contributed by atoms with Gasteiger partial charge in [0.15, 0.2) is 0 Å². The number of pyridine rings is 1. The number of halogens is 4. The summed E-state index contributed by atoms with van der Waals surface area (Å²) in [4.78, 5) is 21.4. The van der Waals surface area contributed by atoms with Gasteiger partial charge in [-0.2, -0.15) is 13.2 Å². The van der Waals surface area contributed by atoms with Gasteiger partial charge in [-0.1, -0.05) is 11.6 Å². The van der Waals surface area contributed by atoms with Crippen LogP contribution in [-0.4, -0.2) is 57.7 Å². The second-order valence-electron chi connectivity index (χ2n) is 4.59. The van der Waals surface area contributed by atoms with Crippen LogP contribution in [0.15, 0.2) is 29.5 Å². The summed E-state index contributed by atoms with van der Waals surface area (Å²) in [6.07, 6.45) is 4.39. The van der Waals surface area contributed by atoms with Gasteiger partial charge in [-0.05, 0) is 30.8 Å². The lowest BCUT2D eigenvalue weighted by molar-refractivity contribution is -0.0327. The second-order valence-corrected chi connectivity index (χ2v) is 6.16. The van der Waals surface area contributed by atoms with Gasteiger partial charge in [0.2, 0.25) is 0 Å². The number of carbonyl (C=O) groups is 1. The van der Waals surface area contributed by atoms with E-state index in [0.29, 0.717) is 5.69 Å². The zero-order chi connectivity index (χ0) is 18.9. The van der Waals surface area contributed by atoms with E-state index < -0.39 is 17.6 Å². The lowest BCUT2D eigenvalue weighted by atomic mass is 10.3. The van der Waals surface area contributed by atoms with Crippen LogP contribution in [0.25, 0.3) is 0 Å². The summed E-state index contributed by atoms with van der Waals surface area (Å²) in [5, 5.41) is 9.66. The molecule has 0 aliphatic heterocycles. The maximum Gasteiger partial charge on any atom is 0.441 e. The van der Waals surface area contributed by atoms with Gasteiger partial charge in [0.05, 0.1) is 11.9 Å². The molecule has 6 nitrogen and oxygen atoms in total. The van der Waals surface area contributed by atoms with Crippen LogP contribution in [0.1, 0.15) is 6.92 Å². The van der Waals surface area contributed by atoms with Gasteiger partial charge < -0.3 is 10.2 Å². The first kappa shape index (κ1) is 21.2. The third-order valence-corrected chi connectivity index (χ3v) is 3.81. The lowest BCUT2D eigenvalue weighted by Crippen LogP contribution is -2.49. The number of aliphatic imine (C=N–C) groups is 1. The molecule has 0 saturated heterocycles. The average Bonchev–Trinajstić information content (AvgIpc) is 2.55. The Morgan fingerprint density at radius 1 is 1.60 bits per heavy atom. The van der Waals surface area contributed by atoms with E-state index in [-0.39, 0.29) is 35.8 Å². The minimum absolute atomic E-state index is 0.165. The summed E-state index contributed by atoms with van der Waals surface area (Å²) in [7, 11) is 0. The van der Waals surface area contributed by atoms with E-state index in [1.165, 1.54) is 17.3 Å². The Kier molecular flexibility index (Phi) is 8.70. The number of nitrogens with one attached hydrogen (secondary N) is 2. The van der Waals surface area contributed by atoms with Gasteiger partial charge in [0, 0.05) is 31.3 Å². The van der Waals surface area contributed by atoms with Crippen LogP contribution >= 0.6 is 23.4 Å². The van der Waals surface area contributed by atoms with E-state index in [1.807, 2.05) is 0 Å². The number of aromatic nitrogens is 1. The molecule has 1 atom stereocenters. The highest BCUT2D eigenvalue weighted by Gasteiger charge is 2.28. The largest absolute Gasteiger partial charge is 0.441 e. The van der Waals surface area contributed by atoms with Crippen molar-refractivity contribution in [2.45, 2.75) is 18.5 Å². The summed E-state index contributed by atoms with van der Waals surface area (Å²) >= 11 is 5.53. The van der Waals surface area contributed by atoms with Crippen molar-refractivity contribution in [1.82, 2.24) is 15.2 Å². The number of carbonyl (C=O) groups excluding carboxylic acids is 1. The van der Waals surface area contributed by atoms with E-state index in [4.69, 9.17) is 17.0 Å². The van der Waals surface area contributed by atoms with Crippen LogP contribution in [0.4, 0.5) is 23.7 Å². The maximum absolute atomic E-state index is 12.2. The molecule has 0 aromatic carbocycles. The molecule has 0 fully saturated rings. The summed E-state index contributed by atoms with van der Waals surface area (Å²) in [6.45, 7) is 1.69. The number of urea groups is 1. The molecule has 0 spiro atoms. The van der Waals surface area contributed by atoms with Gasteiger partial charge >= 0.3 is 11.5 Å². The molecule has 1 aromatic rings. The van der Waals surface area contributed by atoms with Gasteiger partial charge in [-0.3, -0.25) is 15.4 Å². The van der Waals surface area contributed by atoms with Gasteiger partial charge in [0.25, 0.3) is 0 Å². The van der Waals surface area contributed by atoms with Crippen LogP contribution in [0.3, 0.4) is 0 Å². The topological polar surface area (TPSA) is 81.4 Å². The van der Waals surface area contributed by atoms with Crippen LogP contribution in [0.5, 0.6) is 0 Å². The van der Waals surface area contributed by atoms with E-state index in [9.17, 15) is 18.0 Å². The minimum atomic E-state index is -4.34. The Hall–Kier alpha value is -1.81. The molecule has 1 rings (SSSR count). The Labute approximate surface area is 152 Å². The van der Waals surface area contributed by atoms with Crippen molar-refractivity contribution in [3.63, 3.8) is 0 Å². The van der Waals surface area contributed by atoms with E-state index in [0.717, 1.165) is 0 Å². The zero-order valence-electron chi connectivity index (χ0n) is 13.3. The molecule has 11 heteroatoms. The molecule has 25 heavy (non-hydrogen) atoms. The number of amides is 2. The van der Waals surface area contributed by atoms with Crippen molar-refractivity contribution >= 4 is 46.5 Å². The summed E-state index contributed by atoms with van der Waals surface area (Å²) in [6, 6.07) is 1.81. The number of rotatable bonds is 8. The highest BCUT2D eigenvalue weighted by Crippen LogP contribution is 2.29. The maximum atomic E-state index is 12.2. The van der Waals surface area contributed by atoms with Crippen molar-refractivity contribution in [2.75, 3.05) is 18.8 Å². The number of nitrogens with zero attached hydrogens (tertiary/aromatic N) is 3. The quantitative estimate of drug-likeness (QED) is 0.520. The Morgan fingerprint density at radius 3 is 2.84 bits per heavy atom. The molecule has 0 aliphatic carbocycles. The number of alkyl halides is 3. The van der Waals surface area contributed by atoms with E-state index in [2.05, 4.69) is 15.3 Å². The highest BCUT2D eigenvalue weighted by atomic mass is 35.5. The standard InChI is InChI=1S/C14H17ClF3N5OS/c1-2-23(13(24)21-6-7-25-14(16,17)18)11(12(15)19)9-22-10-4-3-5-20-8-10/h3-5,8-9,11,19H,2,6-7H2,1H3,(H,21,24). The fourth-order valence-electron chi connectivity index (χ4n) is 1.76. The van der Waals surface area contributed by atoms with Crippen molar-refractivity contribution < 1.29 is 18.0 Å². The Morgan fingerprint density at radius 2 is 2.32 bits per heavy atom. The molecule has 138 valence electrons. The summed E-state index contributed by atoms with van der Waals surface area (Å²) in [5.74, 6) is -0.306. The summed E-state index contributed by atoms with van der Waals surface area (Å²) < 4.78 is 36.2. The smallest absolute Gasteiger partial charge is 0.337 e.